The molecule has 1 saturated heterocycles. The summed E-state index contributed by atoms with van der Waals surface area (Å²) in [5, 5.41) is 6.84. The Morgan fingerprint density at radius 3 is 2.80 bits per heavy atom. The van der Waals surface area contributed by atoms with Crippen molar-refractivity contribution in [2.75, 3.05) is 39.3 Å². The molecule has 20 heavy (non-hydrogen) atoms. The van der Waals surface area contributed by atoms with E-state index in [2.05, 4.69) is 15.5 Å². The first-order chi connectivity index (χ1) is 9.25. The van der Waals surface area contributed by atoms with Crippen LogP contribution in [0.15, 0.2) is 24.3 Å². The van der Waals surface area contributed by atoms with E-state index in [0.717, 1.165) is 39.1 Å². The third kappa shape index (κ3) is 5.67. The third-order valence-corrected chi connectivity index (χ3v) is 3.47. The van der Waals surface area contributed by atoms with Crippen molar-refractivity contribution in [3.63, 3.8) is 0 Å². The van der Waals surface area contributed by atoms with Crippen molar-refractivity contribution >= 4 is 29.9 Å². The Balaban J connectivity index is 0.00000200. The molecule has 1 aliphatic rings. The van der Waals surface area contributed by atoms with Crippen molar-refractivity contribution in [1.82, 2.24) is 15.5 Å². The van der Waals surface area contributed by atoms with Crippen LogP contribution in [0.5, 0.6) is 0 Å². The van der Waals surface area contributed by atoms with Gasteiger partial charge in [-0.15, -0.1) is 12.4 Å². The molecule has 6 heteroatoms. The summed E-state index contributed by atoms with van der Waals surface area (Å²) in [6.07, 6.45) is 0.978. The summed E-state index contributed by atoms with van der Waals surface area (Å²) in [5.74, 6) is -0.0530. The lowest BCUT2D eigenvalue weighted by Crippen LogP contribution is -2.44. The highest BCUT2D eigenvalue weighted by atomic mass is 35.5. The number of hydrogen-bond acceptors (Lipinski definition) is 3. The minimum atomic E-state index is -0.0530. The quantitative estimate of drug-likeness (QED) is 0.814. The van der Waals surface area contributed by atoms with E-state index in [4.69, 9.17) is 11.6 Å². The Kier molecular flexibility index (Phi) is 7.92. The highest BCUT2D eigenvalue weighted by Gasteiger charge is 2.09. The smallest absolute Gasteiger partial charge is 0.251 e. The maximum Gasteiger partial charge on any atom is 0.251 e. The van der Waals surface area contributed by atoms with Gasteiger partial charge in [-0.05, 0) is 31.2 Å². The molecule has 1 heterocycles. The van der Waals surface area contributed by atoms with Gasteiger partial charge in [0, 0.05) is 43.3 Å². The molecule has 1 aromatic rings. The van der Waals surface area contributed by atoms with Crippen LogP contribution in [-0.2, 0) is 0 Å². The lowest BCUT2D eigenvalue weighted by molar-refractivity contribution is 0.0951. The summed E-state index contributed by atoms with van der Waals surface area (Å²) in [4.78, 5) is 14.3. The molecule has 1 fully saturated rings. The number of amides is 1. The Labute approximate surface area is 131 Å². The van der Waals surface area contributed by atoms with Crippen molar-refractivity contribution < 1.29 is 4.79 Å². The molecule has 1 aliphatic heterocycles. The number of carbonyl (C=O) groups is 1. The van der Waals surface area contributed by atoms with Gasteiger partial charge in [-0.25, -0.2) is 0 Å². The van der Waals surface area contributed by atoms with Gasteiger partial charge in [0.25, 0.3) is 5.91 Å². The van der Waals surface area contributed by atoms with E-state index in [1.165, 1.54) is 0 Å². The van der Waals surface area contributed by atoms with Crippen LogP contribution in [-0.4, -0.2) is 50.1 Å². The van der Waals surface area contributed by atoms with Crippen LogP contribution in [0.2, 0.25) is 5.02 Å². The van der Waals surface area contributed by atoms with Crippen molar-refractivity contribution in [2.24, 2.45) is 0 Å². The molecule has 0 bridgehead atoms. The number of nitrogens with one attached hydrogen (secondary N) is 2. The van der Waals surface area contributed by atoms with Crippen molar-refractivity contribution in [3.8, 4) is 0 Å². The van der Waals surface area contributed by atoms with Crippen molar-refractivity contribution in [2.45, 2.75) is 6.42 Å². The highest BCUT2D eigenvalue weighted by Crippen LogP contribution is 2.10. The molecule has 0 atom stereocenters. The van der Waals surface area contributed by atoms with Crippen LogP contribution in [0, 0.1) is 0 Å². The van der Waals surface area contributed by atoms with E-state index in [-0.39, 0.29) is 18.3 Å². The molecule has 112 valence electrons. The summed E-state index contributed by atoms with van der Waals surface area (Å²) < 4.78 is 0. The lowest BCUT2D eigenvalue weighted by Gasteiger charge is -2.27. The Morgan fingerprint density at radius 1 is 1.35 bits per heavy atom. The number of halogens is 2. The van der Waals surface area contributed by atoms with Crippen LogP contribution in [0.25, 0.3) is 0 Å². The monoisotopic (exact) mass is 317 g/mol. The molecule has 2 N–H and O–H groups in total. The standard InChI is InChI=1S/C14H20ClN3O.ClH/c15-13-4-1-3-12(11-13)14(19)17-5-2-8-18-9-6-16-7-10-18;/h1,3-4,11,16H,2,5-10H2,(H,17,19);1H. The molecule has 0 saturated carbocycles. The number of nitrogens with zero attached hydrogens (tertiary/aromatic N) is 1. The van der Waals surface area contributed by atoms with Crippen LogP contribution in [0.4, 0.5) is 0 Å². The average Bonchev–Trinajstić information content (AvgIpc) is 2.44. The molecule has 0 spiro atoms. The van der Waals surface area contributed by atoms with Crippen LogP contribution < -0.4 is 10.6 Å². The molecular formula is C14H21Cl2N3O. The molecule has 0 aromatic heterocycles. The fourth-order valence-corrected chi connectivity index (χ4v) is 2.36. The predicted octanol–water partition coefficient (Wildman–Crippen LogP) is 1.79. The number of benzene rings is 1. The van der Waals surface area contributed by atoms with Gasteiger partial charge in [0.05, 0.1) is 0 Å². The second kappa shape index (κ2) is 9.19. The lowest BCUT2D eigenvalue weighted by atomic mass is 10.2. The molecule has 0 aliphatic carbocycles. The first kappa shape index (κ1) is 17.2. The largest absolute Gasteiger partial charge is 0.352 e. The molecule has 4 nitrogen and oxygen atoms in total. The van der Waals surface area contributed by atoms with Gasteiger partial charge in [0.2, 0.25) is 0 Å². The van der Waals surface area contributed by atoms with E-state index in [1.54, 1.807) is 24.3 Å². The summed E-state index contributed by atoms with van der Waals surface area (Å²) in [6, 6.07) is 7.02. The number of rotatable bonds is 5. The first-order valence-corrected chi connectivity index (χ1v) is 7.10. The zero-order valence-electron chi connectivity index (χ0n) is 11.4. The van der Waals surface area contributed by atoms with E-state index >= 15 is 0 Å². The fourth-order valence-electron chi connectivity index (χ4n) is 2.17. The van der Waals surface area contributed by atoms with Gasteiger partial charge in [-0.1, -0.05) is 17.7 Å². The second-order valence-electron chi connectivity index (χ2n) is 4.71. The number of piperazine rings is 1. The van der Waals surface area contributed by atoms with E-state index in [1.807, 2.05) is 0 Å². The van der Waals surface area contributed by atoms with E-state index in [9.17, 15) is 4.79 Å². The molecule has 0 radical (unpaired) electrons. The zero-order chi connectivity index (χ0) is 13.5. The molecule has 2 rings (SSSR count). The fraction of sp³-hybridized carbons (Fsp3) is 0.500. The summed E-state index contributed by atoms with van der Waals surface area (Å²) in [5.41, 5.74) is 0.620. The van der Waals surface area contributed by atoms with Crippen LogP contribution in [0.1, 0.15) is 16.8 Å². The molecule has 0 unspecified atom stereocenters. The second-order valence-corrected chi connectivity index (χ2v) is 5.15. The molecular weight excluding hydrogens is 297 g/mol. The molecule has 1 aromatic carbocycles. The van der Waals surface area contributed by atoms with Crippen molar-refractivity contribution in [1.29, 1.82) is 0 Å². The van der Waals surface area contributed by atoms with Gasteiger partial charge in [-0.3, -0.25) is 4.79 Å². The number of hydrogen-bond donors (Lipinski definition) is 2. The Hall–Kier alpha value is -0.810. The topological polar surface area (TPSA) is 44.4 Å². The maximum absolute atomic E-state index is 11.9. The predicted molar refractivity (Wildman–Crippen MR) is 85.0 cm³/mol. The minimum Gasteiger partial charge on any atom is -0.352 e. The Morgan fingerprint density at radius 2 is 2.10 bits per heavy atom. The van der Waals surface area contributed by atoms with Gasteiger partial charge in [0.1, 0.15) is 0 Å². The average molecular weight is 318 g/mol. The molecule has 1 amide bonds. The minimum absolute atomic E-state index is 0. The van der Waals surface area contributed by atoms with Gasteiger partial charge < -0.3 is 15.5 Å². The summed E-state index contributed by atoms with van der Waals surface area (Å²) >= 11 is 5.86. The SMILES string of the molecule is Cl.O=C(NCCCN1CCNCC1)c1cccc(Cl)c1. The third-order valence-electron chi connectivity index (χ3n) is 3.23. The van der Waals surface area contributed by atoms with Gasteiger partial charge in [-0.2, -0.15) is 0 Å². The summed E-state index contributed by atoms with van der Waals surface area (Å²) in [7, 11) is 0. The van der Waals surface area contributed by atoms with Crippen LogP contribution in [0.3, 0.4) is 0 Å². The maximum atomic E-state index is 11.9. The summed E-state index contributed by atoms with van der Waals surface area (Å²) in [6.45, 7) is 6.07. The van der Waals surface area contributed by atoms with E-state index < -0.39 is 0 Å². The Bertz CT molecular complexity index is 423. The first-order valence-electron chi connectivity index (χ1n) is 6.72. The van der Waals surface area contributed by atoms with Crippen LogP contribution >= 0.6 is 24.0 Å². The highest BCUT2D eigenvalue weighted by molar-refractivity contribution is 6.30. The van der Waals surface area contributed by atoms with Crippen molar-refractivity contribution in [3.05, 3.63) is 34.9 Å². The van der Waals surface area contributed by atoms with E-state index in [0.29, 0.717) is 17.1 Å². The number of carbonyl (C=O) groups excluding carboxylic acids is 1. The zero-order valence-corrected chi connectivity index (χ0v) is 13.0. The van der Waals surface area contributed by atoms with Gasteiger partial charge >= 0.3 is 0 Å². The normalized spacial score (nSPS) is 15.4. The van der Waals surface area contributed by atoms with Gasteiger partial charge in [0.15, 0.2) is 0 Å².